The molecule has 2 amide bonds. The van der Waals surface area contributed by atoms with Gasteiger partial charge in [0.05, 0.1) is 17.2 Å². The third kappa shape index (κ3) is 7.60. The molecule has 0 radical (unpaired) electrons. The van der Waals surface area contributed by atoms with Crippen LogP contribution in [0.15, 0.2) is 83.8 Å². The Morgan fingerprint density at radius 2 is 1.54 bits per heavy atom. The van der Waals surface area contributed by atoms with Crippen LogP contribution in [0.1, 0.15) is 38.3 Å². The molecule has 0 unspecified atom stereocenters. The average Bonchev–Trinajstić information content (AvgIpc) is 2.93. The summed E-state index contributed by atoms with van der Waals surface area (Å²) in [6.07, 6.45) is 0.373. The first-order valence-corrected chi connectivity index (χ1v) is 14.6. The predicted molar refractivity (Wildman–Crippen MR) is 153 cm³/mol. The maximum atomic E-state index is 14.0. The number of likely N-dealkylation sites (N-methyl/N-ethyl adjacent to an activating group) is 1. The minimum Gasteiger partial charge on any atom is -0.494 e. The summed E-state index contributed by atoms with van der Waals surface area (Å²) in [5, 5.41) is 2.80. The summed E-state index contributed by atoms with van der Waals surface area (Å²) in [5.41, 5.74) is 2.07. The molecule has 1 N–H and O–H groups in total. The van der Waals surface area contributed by atoms with E-state index in [2.05, 4.69) is 5.32 Å². The van der Waals surface area contributed by atoms with Gasteiger partial charge in [0.2, 0.25) is 11.8 Å². The molecule has 208 valence electrons. The van der Waals surface area contributed by atoms with E-state index in [0.29, 0.717) is 31.0 Å². The summed E-state index contributed by atoms with van der Waals surface area (Å²) in [5.74, 6) is -0.173. The fraction of sp³-hybridized carbons (Fsp3) is 0.333. The Bertz CT molecular complexity index is 1330. The molecule has 0 bridgehead atoms. The van der Waals surface area contributed by atoms with Crippen molar-refractivity contribution in [3.8, 4) is 5.75 Å². The normalized spacial score (nSPS) is 11.9. The second kappa shape index (κ2) is 13.8. The average molecular weight is 552 g/mol. The van der Waals surface area contributed by atoms with Crippen molar-refractivity contribution in [2.24, 2.45) is 0 Å². The minimum atomic E-state index is -4.12. The van der Waals surface area contributed by atoms with Gasteiger partial charge in [-0.25, -0.2) is 8.42 Å². The molecule has 3 aromatic carbocycles. The van der Waals surface area contributed by atoms with Crippen molar-refractivity contribution < 1.29 is 22.7 Å². The van der Waals surface area contributed by atoms with Crippen molar-refractivity contribution in [3.05, 3.63) is 90.0 Å². The summed E-state index contributed by atoms with van der Waals surface area (Å²) in [7, 11) is -4.12. The van der Waals surface area contributed by atoms with Gasteiger partial charge in [-0.1, -0.05) is 55.0 Å². The summed E-state index contributed by atoms with van der Waals surface area (Å²) >= 11 is 0. The zero-order valence-corrected chi connectivity index (χ0v) is 23.8. The molecule has 0 saturated carbocycles. The third-order valence-corrected chi connectivity index (χ3v) is 8.04. The van der Waals surface area contributed by atoms with Crippen LogP contribution in [0.5, 0.6) is 5.75 Å². The van der Waals surface area contributed by atoms with Crippen molar-refractivity contribution in [1.29, 1.82) is 0 Å². The molecule has 1 atom stereocenters. The van der Waals surface area contributed by atoms with E-state index in [9.17, 15) is 18.0 Å². The topological polar surface area (TPSA) is 96.0 Å². The third-order valence-electron chi connectivity index (χ3n) is 6.26. The summed E-state index contributed by atoms with van der Waals surface area (Å²) in [4.78, 5) is 28.5. The van der Waals surface area contributed by atoms with Gasteiger partial charge in [-0.2, -0.15) is 0 Å². The van der Waals surface area contributed by atoms with Crippen LogP contribution in [-0.2, 0) is 26.2 Å². The van der Waals surface area contributed by atoms with Gasteiger partial charge in [-0.05, 0) is 69.2 Å². The largest absolute Gasteiger partial charge is 0.494 e. The number of ether oxygens (including phenoxy) is 1. The molecule has 0 aliphatic heterocycles. The molecular formula is C30H37N3O5S. The maximum absolute atomic E-state index is 14.0. The van der Waals surface area contributed by atoms with Crippen LogP contribution in [0.25, 0.3) is 0 Å². The van der Waals surface area contributed by atoms with Gasteiger partial charge in [0.25, 0.3) is 10.0 Å². The Hall–Kier alpha value is -3.85. The Morgan fingerprint density at radius 1 is 0.897 bits per heavy atom. The lowest BCUT2D eigenvalue weighted by atomic mass is 10.1. The van der Waals surface area contributed by atoms with E-state index in [1.807, 2.05) is 58.0 Å². The number of nitrogens with zero attached hydrogens (tertiary/aromatic N) is 2. The van der Waals surface area contributed by atoms with Gasteiger partial charge >= 0.3 is 0 Å². The quantitative estimate of drug-likeness (QED) is 0.337. The fourth-order valence-electron chi connectivity index (χ4n) is 4.23. The van der Waals surface area contributed by atoms with Crippen molar-refractivity contribution in [2.45, 2.75) is 51.6 Å². The van der Waals surface area contributed by atoms with Crippen LogP contribution in [0, 0.1) is 6.92 Å². The van der Waals surface area contributed by atoms with Gasteiger partial charge in [0, 0.05) is 13.1 Å². The highest BCUT2D eigenvalue weighted by molar-refractivity contribution is 7.92. The van der Waals surface area contributed by atoms with Crippen LogP contribution >= 0.6 is 0 Å². The zero-order chi connectivity index (χ0) is 28.4. The molecular weight excluding hydrogens is 514 g/mol. The Kier molecular flexibility index (Phi) is 10.5. The zero-order valence-electron chi connectivity index (χ0n) is 23.0. The lowest BCUT2D eigenvalue weighted by Gasteiger charge is -2.33. The monoisotopic (exact) mass is 551 g/mol. The van der Waals surface area contributed by atoms with Gasteiger partial charge < -0.3 is 15.0 Å². The fourth-order valence-corrected chi connectivity index (χ4v) is 5.65. The number of carbonyl (C=O) groups is 2. The first-order valence-electron chi connectivity index (χ1n) is 13.1. The van der Waals surface area contributed by atoms with Crippen molar-refractivity contribution in [3.63, 3.8) is 0 Å². The molecule has 8 nitrogen and oxygen atoms in total. The highest BCUT2D eigenvalue weighted by atomic mass is 32.2. The van der Waals surface area contributed by atoms with E-state index in [1.165, 1.54) is 17.0 Å². The van der Waals surface area contributed by atoms with Gasteiger partial charge in [-0.15, -0.1) is 0 Å². The SMILES string of the molecule is CCNC(=O)[C@H](CC)N(Cc1ccccc1)C(=O)CN(c1ccc(OCC)cc1)S(=O)(=O)c1ccc(C)cc1. The van der Waals surface area contributed by atoms with Crippen LogP contribution in [0.3, 0.4) is 0 Å². The molecule has 0 saturated heterocycles. The molecule has 0 heterocycles. The molecule has 0 fully saturated rings. The maximum Gasteiger partial charge on any atom is 0.264 e. The molecule has 39 heavy (non-hydrogen) atoms. The van der Waals surface area contributed by atoms with E-state index in [4.69, 9.17) is 4.74 Å². The smallest absolute Gasteiger partial charge is 0.264 e. The molecule has 0 aromatic heterocycles. The highest BCUT2D eigenvalue weighted by Crippen LogP contribution is 2.27. The van der Waals surface area contributed by atoms with Gasteiger partial charge in [0.15, 0.2) is 0 Å². The summed E-state index contributed by atoms with van der Waals surface area (Å²) in [6, 6.07) is 21.7. The predicted octanol–water partition coefficient (Wildman–Crippen LogP) is 4.53. The van der Waals surface area contributed by atoms with Crippen LogP contribution in [-0.4, -0.2) is 50.9 Å². The first kappa shape index (κ1) is 29.7. The Labute approximate surface area is 231 Å². The number of sulfonamides is 1. The number of hydrogen-bond acceptors (Lipinski definition) is 5. The highest BCUT2D eigenvalue weighted by Gasteiger charge is 2.33. The molecule has 3 aromatic rings. The second-order valence-electron chi connectivity index (χ2n) is 9.08. The van der Waals surface area contributed by atoms with Gasteiger partial charge in [0.1, 0.15) is 18.3 Å². The molecule has 9 heteroatoms. The van der Waals surface area contributed by atoms with Crippen molar-refractivity contribution in [2.75, 3.05) is 24.0 Å². The summed E-state index contributed by atoms with van der Waals surface area (Å²) < 4.78 is 34.4. The number of hydrogen-bond donors (Lipinski definition) is 1. The lowest BCUT2D eigenvalue weighted by Crippen LogP contribution is -2.52. The molecule has 0 aliphatic carbocycles. The number of benzene rings is 3. The van der Waals surface area contributed by atoms with E-state index >= 15 is 0 Å². The van der Waals surface area contributed by atoms with E-state index in [-0.39, 0.29) is 17.3 Å². The standard InChI is InChI=1S/C30H37N3O5S/c1-5-28(30(35)31-6-2)32(21-24-11-9-8-10-12-24)29(34)22-33(25-15-17-26(18-16-25)38-7-3)39(36,37)27-19-13-23(4)14-20-27/h8-20,28H,5-7,21-22H2,1-4H3,(H,31,35)/t28-/m0/s1. The van der Waals surface area contributed by atoms with E-state index < -0.39 is 28.5 Å². The Balaban J connectivity index is 2.04. The summed E-state index contributed by atoms with van der Waals surface area (Å²) in [6.45, 7) is 7.95. The lowest BCUT2D eigenvalue weighted by molar-refractivity contribution is -0.140. The van der Waals surface area contributed by atoms with Crippen LogP contribution in [0.4, 0.5) is 5.69 Å². The Morgan fingerprint density at radius 3 is 2.10 bits per heavy atom. The number of nitrogens with one attached hydrogen (secondary N) is 1. The van der Waals surface area contributed by atoms with Crippen LogP contribution < -0.4 is 14.4 Å². The van der Waals surface area contributed by atoms with Gasteiger partial charge in [-0.3, -0.25) is 13.9 Å². The molecule has 0 spiro atoms. The van der Waals surface area contributed by atoms with Crippen molar-refractivity contribution in [1.82, 2.24) is 10.2 Å². The molecule has 3 rings (SSSR count). The van der Waals surface area contributed by atoms with Crippen molar-refractivity contribution >= 4 is 27.5 Å². The second-order valence-corrected chi connectivity index (χ2v) is 10.9. The number of carbonyl (C=O) groups excluding carboxylic acids is 2. The van der Waals surface area contributed by atoms with E-state index in [1.54, 1.807) is 36.4 Å². The molecule has 0 aliphatic rings. The number of amides is 2. The number of anilines is 1. The number of rotatable bonds is 13. The first-order chi connectivity index (χ1) is 18.7. The van der Waals surface area contributed by atoms with Crippen LogP contribution in [0.2, 0.25) is 0 Å². The number of aryl methyl sites for hydroxylation is 1. The minimum absolute atomic E-state index is 0.0696. The van der Waals surface area contributed by atoms with E-state index in [0.717, 1.165) is 15.4 Å².